The molecule has 0 aromatic carbocycles. The third-order valence-electron chi connectivity index (χ3n) is 11.7. The van der Waals surface area contributed by atoms with E-state index in [1.165, 1.54) is 0 Å². The lowest BCUT2D eigenvalue weighted by atomic mass is 9.44. The van der Waals surface area contributed by atoms with Crippen LogP contribution in [-0.4, -0.2) is 62.8 Å². The van der Waals surface area contributed by atoms with Crippen LogP contribution in [0.15, 0.2) is 11.6 Å². The zero-order chi connectivity index (χ0) is 23.6. The number of fused-ring (bicyclic) bond motifs is 7. The van der Waals surface area contributed by atoms with E-state index in [1.807, 2.05) is 0 Å². The summed E-state index contributed by atoms with van der Waals surface area (Å²) >= 11 is 0. The minimum atomic E-state index is -1.27. The van der Waals surface area contributed by atoms with Crippen LogP contribution >= 0.6 is 0 Å². The molecule has 0 aromatic rings. The van der Waals surface area contributed by atoms with Crippen LogP contribution in [0.25, 0.3) is 0 Å². The number of aliphatic hydroxyl groups is 4. The highest BCUT2D eigenvalue weighted by molar-refractivity contribution is 5.32. The van der Waals surface area contributed by atoms with Gasteiger partial charge in [-0.1, -0.05) is 39.3 Å². The van der Waals surface area contributed by atoms with E-state index in [0.717, 1.165) is 31.3 Å². The molecule has 13 atom stereocenters. The van der Waals surface area contributed by atoms with Gasteiger partial charge in [0.05, 0.1) is 24.9 Å². The molecule has 2 aliphatic heterocycles. The predicted octanol–water partition coefficient (Wildman–Crippen LogP) is 2.77. The molecule has 3 saturated carbocycles. The molecule has 0 radical (unpaired) electrons. The van der Waals surface area contributed by atoms with Crippen LogP contribution in [0.5, 0.6) is 0 Å². The molecule has 0 amide bonds. The van der Waals surface area contributed by atoms with E-state index in [-0.39, 0.29) is 23.7 Å². The van der Waals surface area contributed by atoms with Gasteiger partial charge in [-0.05, 0) is 49.9 Å². The summed E-state index contributed by atoms with van der Waals surface area (Å²) in [7, 11) is 0. The van der Waals surface area contributed by atoms with Gasteiger partial charge in [-0.25, -0.2) is 0 Å². The Morgan fingerprint density at radius 3 is 2.48 bits per heavy atom. The molecule has 4 N–H and O–H groups in total. The van der Waals surface area contributed by atoms with Crippen LogP contribution < -0.4 is 0 Å². The van der Waals surface area contributed by atoms with Gasteiger partial charge in [-0.15, -0.1) is 0 Å². The first kappa shape index (κ1) is 22.9. The standard InChI is InChI=1S/C27H42O6/c1-14-7-10-26(32-13-14)15(2)21-22(33-26)23(30)27(31)19-6-5-16-11-17(28)12-20(29)25(16,4)18(19)8-9-24(21,27)3/h5,14-15,17-23,28-31H,6-13H2,1-4H3. The summed E-state index contributed by atoms with van der Waals surface area (Å²) < 4.78 is 13.0. The molecule has 2 heterocycles. The first-order valence-corrected chi connectivity index (χ1v) is 13.3. The van der Waals surface area contributed by atoms with Crippen molar-refractivity contribution < 1.29 is 29.9 Å². The third kappa shape index (κ3) is 2.61. The Kier molecular flexibility index (Phi) is 4.89. The van der Waals surface area contributed by atoms with Crippen LogP contribution in [0.2, 0.25) is 0 Å². The quantitative estimate of drug-likeness (QED) is 0.413. The van der Waals surface area contributed by atoms with Gasteiger partial charge >= 0.3 is 0 Å². The molecular formula is C27H42O6. The smallest absolute Gasteiger partial charge is 0.171 e. The first-order chi connectivity index (χ1) is 15.5. The van der Waals surface area contributed by atoms with Crippen molar-refractivity contribution in [2.45, 2.75) is 108 Å². The fourth-order valence-electron chi connectivity index (χ4n) is 9.70. The van der Waals surface area contributed by atoms with Crippen molar-refractivity contribution in [3.8, 4) is 0 Å². The Hall–Kier alpha value is -0.500. The van der Waals surface area contributed by atoms with Crippen molar-refractivity contribution in [3.05, 3.63) is 11.6 Å². The van der Waals surface area contributed by atoms with Crippen molar-refractivity contribution in [3.63, 3.8) is 0 Å². The summed E-state index contributed by atoms with van der Waals surface area (Å²) in [6, 6.07) is 0. The zero-order valence-electron chi connectivity index (χ0n) is 20.5. The molecular weight excluding hydrogens is 420 g/mol. The first-order valence-electron chi connectivity index (χ1n) is 13.3. The van der Waals surface area contributed by atoms with Crippen LogP contribution in [0, 0.1) is 40.4 Å². The predicted molar refractivity (Wildman–Crippen MR) is 122 cm³/mol. The van der Waals surface area contributed by atoms with Gasteiger partial charge in [0, 0.05) is 35.5 Å². The van der Waals surface area contributed by atoms with E-state index in [0.29, 0.717) is 31.8 Å². The summed E-state index contributed by atoms with van der Waals surface area (Å²) in [6.07, 6.45) is 4.83. The van der Waals surface area contributed by atoms with Crippen LogP contribution in [0.4, 0.5) is 0 Å². The number of aliphatic hydroxyl groups excluding tert-OH is 3. The monoisotopic (exact) mass is 462 g/mol. The summed E-state index contributed by atoms with van der Waals surface area (Å²) in [5.41, 5.74) is -1.09. The topological polar surface area (TPSA) is 99.4 Å². The van der Waals surface area contributed by atoms with Crippen LogP contribution in [0.3, 0.4) is 0 Å². The van der Waals surface area contributed by atoms with Gasteiger partial charge < -0.3 is 29.9 Å². The third-order valence-corrected chi connectivity index (χ3v) is 11.7. The second-order valence-corrected chi connectivity index (χ2v) is 13.0. The van der Waals surface area contributed by atoms with Crippen molar-refractivity contribution in [1.82, 2.24) is 0 Å². The fraction of sp³-hybridized carbons (Fsp3) is 0.926. The molecule has 4 aliphatic carbocycles. The van der Waals surface area contributed by atoms with Crippen molar-refractivity contribution >= 4 is 0 Å². The van der Waals surface area contributed by atoms with Gasteiger partial charge in [0.15, 0.2) is 5.79 Å². The minimum absolute atomic E-state index is 0.0307. The molecule has 2 saturated heterocycles. The highest BCUT2D eigenvalue weighted by Gasteiger charge is 2.78. The van der Waals surface area contributed by atoms with Gasteiger partial charge in [0.2, 0.25) is 0 Å². The molecule has 0 bridgehead atoms. The fourth-order valence-corrected chi connectivity index (χ4v) is 9.70. The van der Waals surface area contributed by atoms with Gasteiger partial charge in [0.25, 0.3) is 0 Å². The number of hydrogen-bond donors (Lipinski definition) is 4. The number of ether oxygens (including phenoxy) is 2. The second kappa shape index (κ2) is 7.04. The SMILES string of the molecule is CC1CCC2(OC1)OC1C(C2C)C2(C)CCC3C(CC=C4CC(O)CC(O)C43C)C2(O)C1O. The second-order valence-electron chi connectivity index (χ2n) is 13.0. The Morgan fingerprint density at radius 1 is 1.03 bits per heavy atom. The summed E-state index contributed by atoms with van der Waals surface area (Å²) in [6.45, 7) is 9.37. The lowest BCUT2D eigenvalue weighted by Gasteiger charge is -2.63. The summed E-state index contributed by atoms with van der Waals surface area (Å²) in [4.78, 5) is 0. The van der Waals surface area contributed by atoms with Crippen molar-refractivity contribution in [1.29, 1.82) is 0 Å². The maximum Gasteiger partial charge on any atom is 0.171 e. The van der Waals surface area contributed by atoms with E-state index in [9.17, 15) is 20.4 Å². The average molecular weight is 463 g/mol. The molecule has 13 unspecified atom stereocenters. The molecule has 0 aromatic heterocycles. The molecule has 1 spiro atoms. The molecule has 6 heteroatoms. The molecule has 6 aliphatic rings. The van der Waals surface area contributed by atoms with Crippen molar-refractivity contribution in [2.24, 2.45) is 40.4 Å². The van der Waals surface area contributed by atoms with Crippen LogP contribution in [0.1, 0.15) is 72.6 Å². The maximum atomic E-state index is 12.5. The Bertz CT molecular complexity index is 850. The molecule has 6 nitrogen and oxygen atoms in total. The summed E-state index contributed by atoms with van der Waals surface area (Å²) in [5.74, 6) is -0.0731. The number of hydrogen-bond acceptors (Lipinski definition) is 6. The average Bonchev–Trinajstić information content (AvgIpc) is 3.14. The number of allylic oxidation sites excluding steroid dienone is 1. The Labute approximate surface area is 197 Å². The molecule has 186 valence electrons. The maximum absolute atomic E-state index is 12.5. The Morgan fingerprint density at radius 2 is 1.79 bits per heavy atom. The normalized spacial score (nSPS) is 62.3. The van der Waals surface area contributed by atoms with Crippen LogP contribution in [-0.2, 0) is 9.47 Å². The highest BCUT2D eigenvalue weighted by Crippen LogP contribution is 2.72. The van der Waals surface area contributed by atoms with E-state index >= 15 is 0 Å². The molecule has 33 heavy (non-hydrogen) atoms. The number of rotatable bonds is 0. The van der Waals surface area contributed by atoms with E-state index in [4.69, 9.17) is 9.47 Å². The van der Waals surface area contributed by atoms with Gasteiger partial charge in [-0.3, -0.25) is 0 Å². The van der Waals surface area contributed by atoms with E-state index in [1.54, 1.807) is 0 Å². The van der Waals surface area contributed by atoms with E-state index < -0.39 is 46.6 Å². The Balaban J connectivity index is 1.37. The zero-order valence-corrected chi connectivity index (χ0v) is 20.5. The lowest BCUT2D eigenvalue weighted by molar-refractivity contribution is -0.297. The highest BCUT2D eigenvalue weighted by atomic mass is 16.7. The molecule has 6 rings (SSSR count). The van der Waals surface area contributed by atoms with Crippen molar-refractivity contribution in [2.75, 3.05) is 6.61 Å². The lowest BCUT2D eigenvalue weighted by Crippen LogP contribution is -2.67. The van der Waals surface area contributed by atoms with Gasteiger partial charge in [0.1, 0.15) is 11.7 Å². The summed E-state index contributed by atoms with van der Waals surface area (Å²) in [5, 5.41) is 45.7. The largest absolute Gasteiger partial charge is 0.393 e. The van der Waals surface area contributed by atoms with E-state index in [2.05, 4.69) is 33.8 Å². The van der Waals surface area contributed by atoms with Gasteiger partial charge in [-0.2, -0.15) is 0 Å². The minimum Gasteiger partial charge on any atom is -0.393 e. The molecule has 5 fully saturated rings.